The maximum atomic E-state index is 12.3. The minimum absolute atomic E-state index is 0.0364. The third kappa shape index (κ3) is 3.69. The molecular formula is C17H22N4OS. The van der Waals surface area contributed by atoms with Gasteiger partial charge in [-0.3, -0.25) is 4.79 Å². The molecule has 0 unspecified atom stereocenters. The van der Waals surface area contributed by atoms with E-state index in [1.54, 1.807) is 0 Å². The fourth-order valence-electron chi connectivity index (χ4n) is 2.73. The van der Waals surface area contributed by atoms with Crippen LogP contribution in [-0.4, -0.2) is 28.9 Å². The quantitative estimate of drug-likeness (QED) is 0.912. The van der Waals surface area contributed by atoms with Gasteiger partial charge in [-0.1, -0.05) is 17.7 Å². The Labute approximate surface area is 140 Å². The molecule has 0 radical (unpaired) electrons. The Kier molecular flexibility index (Phi) is 4.35. The molecule has 2 aromatic rings. The predicted octanol–water partition coefficient (Wildman–Crippen LogP) is 3.42. The van der Waals surface area contributed by atoms with Crippen LogP contribution in [0.1, 0.15) is 41.3 Å². The van der Waals surface area contributed by atoms with E-state index in [0.717, 1.165) is 27.8 Å². The number of aromatic nitrogens is 2. The summed E-state index contributed by atoms with van der Waals surface area (Å²) in [6, 6.07) is 4.16. The second kappa shape index (κ2) is 6.28. The highest BCUT2D eigenvalue weighted by Gasteiger charge is 2.28. The fraction of sp³-hybridized carbons (Fsp3) is 0.471. The lowest BCUT2D eigenvalue weighted by molar-refractivity contribution is -0.114. The molecule has 1 aliphatic carbocycles. The van der Waals surface area contributed by atoms with Gasteiger partial charge in [0.25, 0.3) is 0 Å². The van der Waals surface area contributed by atoms with Gasteiger partial charge in [-0.25, -0.2) is 4.98 Å². The zero-order valence-electron chi connectivity index (χ0n) is 14.0. The average Bonchev–Trinajstić information content (AvgIpc) is 3.20. The number of nitrogens with zero attached hydrogens (tertiary/aromatic N) is 3. The van der Waals surface area contributed by atoms with E-state index in [1.165, 1.54) is 29.9 Å². The van der Waals surface area contributed by atoms with Gasteiger partial charge in [0.2, 0.25) is 11.0 Å². The first kappa shape index (κ1) is 15.9. The lowest BCUT2D eigenvalue weighted by Gasteiger charge is -2.17. The van der Waals surface area contributed by atoms with Crippen molar-refractivity contribution in [1.82, 2.24) is 9.36 Å². The molecule has 0 bridgehead atoms. The third-order valence-corrected chi connectivity index (χ3v) is 4.87. The van der Waals surface area contributed by atoms with Crippen LogP contribution < -0.4 is 10.2 Å². The van der Waals surface area contributed by atoms with Gasteiger partial charge in [0.05, 0.1) is 6.54 Å². The number of rotatable bonds is 5. The first-order valence-corrected chi connectivity index (χ1v) is 8.64. The van der Waals surface area contributed by atoms with Gasteiger partial charge < -0.3 is 10.2 Å². The molecule has 0 spiro atoms. The molecule has 1 fully saturated rings. The van der Waals surface area contributed by atoms with Crippen LogP contribution >= 0.6 is 11.5 Å². The highest BCUT2D eigenvalue weighted by Crippen LogP contribution is 2.39. The summed E-state index contributed by atoms with van der Waals surface area (Å²) < 4.78 is 4.39. The summed E-state index contributed by atoms with van der Waals surface area (Å²) in [5.74, 6) is 1.44. The molecule has 1 aromatic heterocycles. The van der Waals surface area contributed by atoms with Crippen molar-refractivity contribution in [2.24, 2.45) is 0 Å². The molecular weight excluding hydrogens is 308 g/mol. The zero-order valence-corrected chi connectivity index (χ0v) is 14.8. The van der Waals surface area contributed by atoms with Crippen molar-refractivity contribution in [2.45, 2.75) is 39.5 Å². The summed E-state index contributed by atoms with van der Waals surface area (Å²) in [5, 5.41) is 3.83. The minimum atomic E-state index is -0.0364. The number of nitrogens with one attached hydrogen (secondary N) is 1. The molecule has 0 saturated heterocycles. The van der Waals surface area contributed by atoms with Crippen molar-refractivity contribution in [3.8, 4) is 0 Å². The Morgan fingerprint density at radius 3 is 2.57 bits per heavy atom. The van der Waals surface area contributed by atoms with E-state index in [-0.39, 0.29) is 12.5 Å². The van der Waals surface area contributed by atoms with E-state index in [2.05, 4.69) is 33.7 Å². The van der Waals surface area contributed by atoms with E-state index in [0.29, 0.717) is 5.92 Å². The van der Waals surface area contributed by atoms with Gasteiger partial charge in [0.1, 0.15) is 5.82 Å². The van der Waals surface area contributed by atoms with E-state index in [9.17, 15) is 4.79 Å². The Balaban J connectivity index is 1.64. The molecule has 0 aliphatic heterocycles. The van der Waals surface area contributed by atoms with Crippen LogP contribution in [0.3, 0.4) is 0 Å². The van der Waals surface area contributed by atoms with Crippen LogP contribution in [0.25, 0.3) is 0 Å². The summed E-state index contributed by atoms with van der Waals surface area (Å²) >= 11 is 1.37. The van der Waals surface area contributed by atoms with Gasteiger partial charge in [-0.05, 0) is 44.7 Å². The summed E-state index contributed by atoms with van der Waals surface area (Å²) in [6.45, 7) is 6.37. The van der Waals surface area contributed by atoms with Crippen molar-refractivity contribution in [1.29, 1.82) is 0 Å². The summed E-state index contributed by atoms with van der Waals surface area (Å²) in [4.78, 5) is 18.7. The topological polar surface area (TPSA) is 58.1 Å². The number of aryl methyl sites for hydroxylation is 3. The normalized spacial score (nSPS) is 13.9. The third-order valence-electron chi connectivity index (χ3n) is 4.02. The Hall–Kier alpha value is -1.95. The van der Waals surface area contributed by atoms with Crippen LogP contribution in [0.5, 0.6) is 0 Å². The number of benzene rings is 1. The van der Waals surface area contributed by atoms with Crippen LogP contribution in [0.15, 0.2) is 12.1 Å². The molecule has 1 aliphatic rings. The monoisotopic (exact) mass is 330 g/mol. The second-order valence-electron chi connectivity index (χ2n) is 6.39. The Bertz CT molecular complexity index is 713. The lowest BCUT2D eigenvalue weighted by Crippen LogP contribution is -2.30. The predicted molar refractivity (Wildman–Crippen MR) is 94.4 cm³/mol. The second-order valence-corrected chi connectivity index (χ2v) is 7.12. The summed E-state index contributed by atoms with van der Waals surface area (Å²) in [5.41, 5.74) is 4.29. The molecule has 23 heavy (non-hydrogen) atoms. The summed E-state index contributed by atoms with van der Waals surface area (Å²) in [6.07, 6.45) is 2.37. The maximum Gasteiger partial charge on any atom is 0.243 e. The van der Waals surface area contributed by atoms with E-state index in [4.69, 9.17) is 0 Å². The molecule has 6 heteroatoms. The van der Waals surface area contributed by atoms with Crippen molar-refractivity contribution < 1.29 is 4.79 Å². The standard InChI is InChI=1S/C17H22N4OS/c1-10-7-11(2)15(12(3)8-10)18-14(22)9-21(4)17-19-16(20-23-17)13-5-6-13/h7-8,13H,5-6,9H2,1-4H3,(H,18,22). The highest BCUT2D eigenvalue weighted by molar-refractivity contribution is 7.09. The van der Waals surface area contributed by atoms with Gasteiger partial charge in [0.15, 0.2) is 0 Å². The number of amides is 1. The molecule has 0 atom stereocenters. The molecule has 1 heterocycles. The smallest absolute Gasteiger partial charge is 0.243 e. The Morgan fingerprint density at radius 2 is 1.96 bits per heavy atom. The number of hydrogen-bond donors (Lipinski definition) is 1. The first-order valence-electron chi connectivity index (χ1n) is 7.86. The number of carbonyl (C=O) groups is 1. The lowest BCUT2D eigenvalue weighted by atomic mass is 10.1. The maximum absolute atomic E-state index is 12.3. The van der Waals surface area contributed by atoms with Gasteiger partial charge in [-0.15, -0.1) is 0 Å². The van der Waals surface area contributed by atoms with E-state index < -0.39 is 0 Å². The average molecular weight is 330 g/mol. The van der Waals surface area contributed by atoms with Gasteiger partial charge >= 0.3 is 0 Å². The largest absolute Gasteiger partial charge is 0.341 e. The van der Waals surface area contributed by atoms with E-state index >= 15 is 0 Å². The SMILES string of the molecule is Cc1cc(C)c(NC(=O)CN(C)c2nc(C3CC3)ns2)c(C)c1. The fourth-order valence-corrected chi connectivity index (χ4v) is 3.43. The molecule has 1 amide bonds. The van der Waals surface area contributed by atoms with Gasteiger partial charge in [0, 0.05) is 30.2 Å². The van der Waals surface area contributed by atoms with Crippen molar-refractivity contribution in [3.05, 3.63) is 34.6 Å². The number of hydrogen-bond acceptors (Lipinski definition) is 5. The van der Waals surface area contributed by atoms with Crippen molar-refractivity contribution >= 4 is 28.3 Å². The van der Waals surface area contributed by atoms with Crippen molar-refractivity contribution in [2.75, 3.05) is 23.8 Å². The molecule has 122 valence electrons. The molecule has 1 aromatic carbocycles. The van der Waals surface area contributed by atoms with E-state index in [1.807, 2.05) is 25.8 Å². The zero-order chi connectivity index (χ0) is 16.6. The van der Waals surface area contributed by atoms with Crippen LogP contribution in [-0.2, 0) is 4.79 Å². The van der Waals surface area contributed by atoms with Crippen LogP contribution in [0, 0.1) is 20.8 Å². The van der Waals surface area contributed by atoms with Crippen LogP contribution in [0.4, 0.5) is 10.8 Å². The molecule has 5 nitrogen and oxygen atoms in total. The number of carbonyl (C=O) groups excluding carboxylic acids is 1. The molecule has 1 N–H and O–H groups in total. The number of likely N-dealkylation sites (N-methyl/N-ethyl adjacent to an activating group) is 1. The first-order chi connectivity index (χ1) is 10.9. The summed E-state index contributed by atoms with van der Waals surface area (Å²) in [7, 11) is 1.88. The minimum Gasteiger partial charge on any atom is -0.341 e. The molecule has 1 saturated carbocycles. The van der Waals surface area contributed by atoms with Crippen molar-refractivity contribution in [3.63, 3.8) is 0 Å². The van der Waals surface area contributed by atoms with Crippen LogP contribution in [0.2, 0.25) is 0 Å². The van der Waals surface area contributed by atoms with Gasteiger partial charge in [-0.2, -0.15) is 4.37 Å². The molecule has 3 rings (SSSR count). The highest BCUT2D eigenvalue weighted by atomic mass is 32.1. The Morgan fingerprint density at radius 1 is 1.30 bits per heavy atom. The number of anilines is 2.